The topological polar surface area (TPSA) is 63.3 Å². The van der Waals surface area contributed by atoms with E-state index in [0.29, 0.717) is 0 Å². The van der Waals surface area contributed by atoms with E-state index in [-0.39, 0.29) is 6.47 Å². The lowest BCUT2D eigenvalue weighted by Gasteiger charge is -2.26. The van der Waals surface area contributed by atoms with E-state index in [1.807, 2.05) is 39.8 Å². The average Bonchev–Trinajstić information content (AvgIpc) is 2.54. The molecular weight excluding hydrogens is 262 g/mol. The second-order valence-corrected chi connectivity index (χ2v) is 4.73. The molecule has 1 aromatic rings. The summed E-state index contributed by atoms with van der Waals surface area (Å²) in [5, 5.41) is 6.89. The van der Waals surface area contributed by atoms with Crippen molar-refractivity contribution in [1.82, 2.24) is 0 Å². The Hall–Kier alpha value is -1.51. The number of carboxylic acid groups (broad SMARTS) is 1. The van der Waals surface area contributed by atoms with Crippen molar-refractivity contribution in [2.24, 2.45) is 5.92 Å². The molecule has 0 radical (unpaired) electrons. The van der Waals surface area contributed by atoms with Crippen LogP contribution < -0.4 is 5.73 Å². The van der Waals surface area contributed by atoms with E-state index < -0.39 is 0 Å². The van der Waals surface area contributed by atoms with Gasteiger partial charge in [0.15, 0.2) is 0 Å². The summed E-state index contributed by atoms with van der Waals surface area (Å²) in [5.41, 5.74) is 8.03. The van der Waals surface area contributed by atoms with Crippen molar-refractivity contribution in [2.45, 2.75) is 66.2 Å². The Kier molecular flexibility index (Phi) is 15.4. The van der Waals surface area contributed by atoms with Crippen molar-refractivity contribution in [3.63, 3.8) is 0 Å². The third kappa shape index (κ3) is 9.94. The summed E-state index contributed by atoms with van der Waals surface area (Å²) < 4.78 is 0. The first-order valence-corrected chi connectivity index (χ1v) is 8.10. The van der Waals surface area contributed by atoms with Crippen LogP contribution in [0.1, 0.15) is 71.8 Å². The predicted octanol–water partition coefficient (Wildman–Crippen LogP) is 5.32. The minimum atomic E-state index is -0.250. The van der Waals surface area contributed by atoms with Crippen LogP contribution in [0.4, 0.5) is 5.69 Å². The summed E-state index contributed by atoms with van der Waals surface area (Å²) in [6, 6.07) is 8.42. The molecule has 0 atom stereocenters. The van der Waals surface area contributed by atoms with Gasteiger partial charge in [-0.25, -0.2) is 0 Å². The van der Waals surface area contributed by atoms with Gasteiger partial charge in [0.2, 0.25) is 0 Å². The van der Waals surface area contributed by atoms with Gasteiger partial charge in [-0.3, -0.25) is 4.79 Å². The number of rotatable bonds is 1. The molecule has 0 amide bonds. The molecule has 21 heavy (non-hydrogen) atoms. The van der Waals surface area contributed by atoms with Crippen LogP contribution in [0.5, 0.6) is 0 Å². The summed E-state index contributed by atoms with van der Waals surface area (Å²) in [7, 11) is 0. The molecular formula is C18H33NO2. The van der Waals surface area contributed by atoms with Crippen LogP contribution in [0.3, 0.4) is 0 Å². The third-order valence-electron chi connectivity index (χ3n) is 3.42. The van der Waals surface area contributed by atoms with Gasteiger partial charge in [0.05, 0.1) is 0 Å². The Labute approximate surface area is 130 Å². The number of carbonyl (C=O) groups is 1. The molecule has 0 spiro atoms. The number of benzene rings is 1. The van der Waals surface area contributed by atoms with Crippen molar-refractivity contribution in [3.05, 3.63) is 29.8 Å². The fourth-order valence-corrected chi connectivity index (χ4v) is 2.36. The summed E-state index contributed by atoms with van der Waals surface area (Å²) >= 11 is 0. The van der Waals surface area contributed by atoms with Crippen molar-refractivity contribution < 1.29 is 9.90 Å². The number of hydrogen-bond acceptors (Lipinski definition) is 2. The third-order valence-corrected chi connectivity index (χ3v) is 3.42. The molecule has 0 bridgehead atoms. The van der Waals surface area contributed by atoms with Gasteiger partial charge in [0, 0.05) is 5.69 Å². The fraction of sp³-hybridized carbons (Fsp3) is 0.611. The van der Waals surface area contributed by atoms with E-state index in [1.165, 1.54) is 31.2 Å². The molecule has 1 aliphatic rings. The summed E-state index contributed by atoms with van der Waals surface area (Å²) in [4.78, 5) is 8.36. The smallest absolute Gasteiger partial charge is 0.290 e. The van der Waals surface area contributed by atoms with Gasteiger partial charge in [-0.15, -0.1) is 0 Å². The Balaban J connectivity index is 0. The zero-order valence-electron chi connectivity index (χ0n) is 14.3. The van der Waals surface area contributed by atoms with E-state index in [9.17, 15) is 0 Å². The van der Waals surface area contributed by atoms with Gasteiger partial charge in [-0.1, -0.05) is 59.6 Å². The minimum Gasteiger partial charge on any atom is -0.483 e. The maximum atomic E-state index is 8.36. The van der Waals surface area contributed by atoms with Crippen LogP contribution in [0.15, 0.2) is 24.3 Å². The Morgan fingerprint density at radius 1 is 1.00 bits per heavy atom. The zero-order chi connectivity index (χ0) is 16.7. The number of nitrogens with two attached hydrogens (primary N) is 1. The fourth-order valence-electron chi connectivity index (χ4n) is 2.36. The predicted molar refractivity (Wildman–Crippen MR) is 92.6 cm³/mol. The van der Waals surface area contributed by atoms with Gasteiger partial charge in [-0.05, 0) is 42.4 Å². The monoisotopic (exact) mass is 295 g/mol. The van der Waals surface area contributed by atoms with Crippen molar-refractivity contribution in [1.29, 1.82) is 0 Å². The highest BCUT2D eigenvalue weighted by atomic mass is 16.3. The molecule has 0 aliphatic heterocycles. The second-order valence-electron chi connectivity index (χ2n) is 4.73. The van der Waals surface area contributed by atoms with E-state index in [2.05, 4.69) is 19.1 Å². The standard InChI is InChI=1S/C13H19N.2C2H6.CH2O2/c1-10-2-4-11(5-3-10)12-6-8-13(14)9-7-12;2*1-2;2-1-3/h6-11H,2-5,14H2,1H3;2*1-2H3;1H,(H,2,3). The molecule has 3 N–H and O–H groups in total. The molecule has 3 heteroatoms. The first-order valence-electron chi connectivity index (χ1n) is 8.10. The molecule has 0 aromatic heterocycles. The average molecular weight is 295 g/mol. The van der Waals surface area contributed by atoms with E-state index in [1.54, 1.807) is 0 Å². The Morgan fingerprint density at radius 2 is 1.38 bits per heavy atom. The highest BCUT2D eigenvalue weighted by Gasteiger charge is 2.19. The number of hydrogen-bond donors (Lipinski definition) is 2. The van der Waals surface area contributed by atoms with Crippen LogP contribution in [0.2, 0.25) is 0 Å². The van der Waals surface area contributed by atoms with Crippen LogP contribution in [0.25, 0.3) is 0 Å². The van der Waals surface area contributed by atoms with E-state index in [4.69, 9.17) is 15.6 Å². The first kappa shape index (κ1) is 21.8. The Bertz CT molecular complexity index is 328. The molecule has 1 fully saturated rings. The lowest BCUT2D eigenvalue weighted by atomic mass is 9.79. The van der Waals surface area contributed by atoms with Gasteiger partial charge in [-0.2, -0.15) is 0 Å². The van der Waals surface area contributed by atoms with Gasteiger partial charge in [0.1, 0.15) is 0 Å². The summed E-state index contributed by atoms with van der Waals surface area (Å²) in [6.45, 7) is 10.1. The minimum absolute atomic E-state index is 0.250. The first-order chi connectivity index (χ1) is 10.2. The molecule has 0 heterocycles. The molecule has 0 unspecified atom stereocenters. The van der Waals surface area contributed by atoms with Gasteiger partial charge < -0.3 is 10.8 Å². The second kappa shape index (κ2) is 14.9. The highest BCUT2D eigenvalue weighted by Crippen LogP contribution is 2.35. The van der Waals surface area contributed by atoms with Crippen molar-refractivity contribution in [3.8, 4) is 0 Å². The molecule has 3 nitrogen and oxygen atoms in total. The van der Waals surface area contributed by atoms with Gasteiger partial charge >= 0.3 is 0 Å². The van der Waals surface area contributed by atoms with Gasteiger partial charge in [0.25, 0.3) is 6.47 Å². The van der Waals surface area contributed by atoms with Crippen molar-refractivity contribution >= 4 is 12.2 Å². The molecule has 2 rings (SSSR count). The maximum absolute atomic E-state index is 8.36. The van der Waals surface area contributed by atoms with Crippen molar-refractivity contribution in [2.75, 3.05) is 5.73 Å². The molecule has 1 saturated carbocycles. The molecule has 1 aromatic carbocycles. The normalized spacial score (nSPS) is 19.5. The quantitative estimate of drug-likeness (QED) is 0.544. The highest BCUT2D eigenvalue weighted by molar-refractivity contribution is 5.40. The van der Waals surface area contributed by atoms with Crippen LogP contribution in [-0.4, -0.2) is 11.6 Å². The maximum Gasteiger partial charge on any atom is 0.290 e. The van der Waals surface area contributed by atoms with Crippen LogP contribution in [-0.2, 0) is 4.79 Å². The zero-order valence-corrected chi connectivity index (χ0v) is 14.3. The van der Waals surface area contributed by atoms with E-state index in [0.717, 1.165) is 17.5 Å². The molecule has 122 valence electrons. The van der Waals surface area contributed by atoms with Crippen LogP contribution in [0, 0.1) is 5.92 Å². The SMILES string of the molecule is CC.CC.CC1CCC(c2ccc(N)cc2)CC1.O=CO. The largest absolute Gasteiger partial charge is 0.483 e. The lowest BCUT2D eigenvalue weighted by Crippen LogP contribution is -2.10. The number of nitrogen functional groups attached to an aromatic ring is 1. The summed E-state index contributed by atoms with van der Waals surface area (Å²) in [5.74, 6) is 1.71. The van der Waals surface area contributed by atoms with Crippen LogP contribution >= 0.6 is 0 Å². The molecule has 0 saturated heterocycles. The number of anilines is 1. The molecule has 1 aliphatic carbocycles. The lowest BCUT2D eigenvalue weighted by molar-refractivity contribution is -0.122. The summed E-state index contributed by atoms with van der Waals surface area (Å²) in [6.07, 6.45) is 5.47. The van der Waals surface area contributed by atoms with E-state index >= 15 is 0 Å². The Morgan fingerprint density at radius 3 is 1.76 bits per heavy atom.